The Morgan fingerprint density at radius 2 is 1.56 bits per heavy atom. The van der Waals surface area contributed by atoms with Gasteiger partial charge in [0.2, 0.25) is 0 Å². The highest BCUT2D eigenvalue weighted by molar-refractivity contribution is 5.73. The first kappa shape index (κ1) is 15.5. The molecule has 0 aromatic heterocycles. The predicted molar refractivity (Wildman–Crippen MR) is 75.3 cm³/mol. The summed E-state index contributed by atoms with van der Waals surface area (Å²) in [5.41, 5.74) is -0.00772. The Morgan fingerprint density at radius 1 is 1.06 bits per heavy atom. The second kappa shape index (κ2) is 6.08. The molecular weight excluding hydrogens is 224 g/mol. The van der Waals surface area contributed by atoms with Crippen LogP contribution in [0.15, 0.2) is 0 Å². The van der Waals surface area contributed by atoms with Crippen LogP contribution in [-0.4, -0.2) is 12.1 Å². The Morgan fingerprint density at radius 3 is 1.94 bits per heavy atom. The monoisotopic (exact) mass is 254 g/mol. The predicted octanol–water partition coefficient (Wildman–Crippen LogP) is 4.43. The number of carbonyl (C=O) groups excluding carboxylic acids is 1. The van der Waals surface area contributed by atoms with Crippen LogP contribution in [0.3, 0.4) is 0 Å². The normalized spacial score (nSPS) is 27.1. The molecule has 1 atom stereocenters. The standard InChI is InChI=1S/C16H30O2/c1-11(2)13-7-9-14(10-8-13)18-15(17)12(3)16(4,5)6/h11-14H,7-10H2,1-6H3. The maximum absolute atomic E-state index is 12.1. The lowest BCUT2D eigenvalue weighted by Gasteiger charge is -2.32. The van der Waals surface area contributed by atoms with E-state index in [1.807, 2.05) is 6.92 Å². The third kappa shape index (κ3) is 4.29. The summed E-state index contributed by atoms with van der Waals surface area (Å²) < 4.78 is 5.67. The van der Waals surface area contributed by atoms with Gasteiger partial charge in [0.25, 0.3) is 0 Å². The number of carbonyl (C=O) groups is 1. The smallest absolute Gasteiger partial charge is 0.309 e. The lowest BCUT2D eigenvalue weighted by Crippen LogP contribution is -2.33. The summed E-state index contributed by atoms with van der Waals surface area (Å²) in [4.78, 5) is 12.1. The van der Waals surface area contributed by atoms with E-state index in [1.165, 1.54) is 12.8 Å². The van der Waals surface area contributed by atoms with Crippen LogP contribution in [0.1, 0.15) is 67.2 Å². The van der Waals surface area contributed by atoms with Gasteiger partial charge in [-0.3, -0.25) is 4.79 Å². The Labute approximate surface area is 112 Å². The van der Waals surface area contributed by atoms with Crippen molar-refractivity contribution in [2.75, 3.05) is 0 Å². The first-order chi connectivity index (χ1) is 8.21. The van der Waals surface area contributed by atoms with Gasteiger partial charge in [0.1, 0.15) is 6.10 Å². The van der Waals surface area contributed by atoms with Crippen LogP contribution in [0.4, 0.5) is 0 Å². The highest BCUT2D eigenvalue weighted by Crippen LogP contribution is 2.33. The number of ether oxygens (including phenoxy) is 1. The average Bonchev–Trinajstić information content (AvgIpc) is 2.27. The zero-order valence-electron chi connectivity index (χ0n) is 13.0. The van der Waals surface area contributed by atoms with E-state index in [4.69, 9.17) is 4.74 Å². The summed E-state index contributed by atoms with van der Waals surface area (Å²) in [6, 6.07) is 0. The van der Waals surface area contributed by atoms with Crippen LogP contribution in [0, 0.1) is 23.2 Å². The molecule has 0 aromatic rings. The van der Waals surface area contributed by atoms with Crippen molar-refractivity contribution in [1.29, 1.82) is 0 Å². The number of esters is 1. The maximum atomic E-state index is 12.1. The molecule has 106 valence electrons. The molecule has 0 aromatic carbocycles. The zero-order chi connectivity index (χ0) is 13.9. The Balaban J connectivity index is 2.39. The molecule has 0 aliphatic heterocycles. The molecule has 0 heterocycles. The van der Waals surface area contributed by atoms with E-state index in [0.717, 1.165) is 24.7 Å². The van der Waals surface area contributed by atoms with Crippen LogP contribution in [0.2, 0.25) is 0 Å². The van der Waals surface area contributed by atoms with Crippen molar-refractivity contribution in [3.63, 3.8) is 0 Å². The average molecular weight is 254 g/mol. The van der Waals surface area contributed by atoms with Crippen molar-refractivity contribution in [3.8, 4) is 0 Å². The van der Waals surface area contributed by atoms with Gasteiger partial charge in [0.15, 0.2) is 0 Å². The fourth-order valence-corrected chi connectivity index (χ4v) is 2.49. The fraction of sp³-hybridized carbons (Fsp3) is 0.938. The zero-order valence-corrected chi connectivity index (χ0v) is 13.0. The molecular formula is C16H30O2. The van der Waals surface area contributed by atoms with E-state index in [1.54, 1.807) is 0 Å². The minimum atomic E-state index is -0.0275. The summed E-state index contributed by atoms with van der Waals surface area (Å²) >= 11 is 0. The molecule has 0 bridgehead atoms. The quantitative estimate of drug-likeness (QED) is 0.697. The first-order valence-corrected chi connectivity index (χ1v) is 7.42. The van der Waals surface area contributed by atoms with Gasteiger partial charge in [-0.15, -0.1) is 0 Å². The molecule has 0 N–H and O–H groups in total. The van der Waals surface area contributed by atoms with Gasteiger partial charge in [0.05, 0.1) is 5.92 Å². The van der Waals surface area contributed by atoms with Crippen molar-refractivity contribution in [3.05, 3.63) is 0 Å². The number of hydrogen-bond donors (Lipinski definition) is 0. The van der Waals surface area contributed by atoms with Crippen molar-refractivity contribution < 1.29 is 9.53 Å². The van der Waals surface area contributed by atoms with Gasteiger partial charge in [-0.05, 0) is 42.9 Å². The van der Waals surface area contributed by atoms with Crippen molar-refractivity contribution in [2.24, 2.45) is 23.2 Å². The van der Waals surface area contributed by atoms with Crippen molar-refractivity contribution in [1.82, 2.24) is 0 Å². The molecule has 2 heteroatoms. The second-order valence-electron chi connectivity index (χ2n) is 7.31. The van der Waals surface area contributed by atoms with Crippen LogP contribution >= 0.6 is 0 Å². The largest absolute Gasteiger partial charge is 0.462 e. The van der Waals surface area contributed by atoms with Crippen LogP contribution in [0.5, 0.6) is 0 Å². The summed E-state index contributed by atoms with van der Waals surface area (Å²) in [5.74, 6) is 1.53. The van der Waals surface area contributed by atoms with Gasteiger partial charge in [0, 0.05) is 0 Å². The fourth-order valence-electron chi connectivity index (χ4n) is 2.49. The molecule has 0 radical (unpaired) electrons. The highest BCUT2D eigenvalue weighted by atomic mass is 16.5. The summed E-state index contributed by atoms with van der Waals surface area (Å²) in [7, 11) is 0. The van der Waals surface area contributed by atoms with Crippen LogP contribution in [0.25, 0.3) is 0 Å². The van der Waals surface area contributed by atoms with Crippen LogP contribution < -0.4 is 0 Å². The molecule has 1 saturated carbocycles. The number of hydrogen-bond acceptors (Lipinski definition) is 2. The van der Waals surface area contributed by atoms with E-state index >= 15 is 0 Å². The minimum absolute atomic E-state index is 0.00772. The molecule has 1 aliphatic carbocycles. The third-order valence-corrected chi connectivity index (χ3v) is 4.60. The lowest BCUT2D eigenvalue weighted by molar-refractivity contribution is -0.159. The molecule has 1 rings (SSSR count). The van der Waals surface area contributed by atoms with Gasteiger partial charge in [-0.2, -0.15) is 0 Å². The maximum Gasteiger partial charge on any atom is 0.309 e. The SMILES string of the molecule is CC(C)C1CCC(OC(=O)C(C)C(C)(C)C)CC1. The topological polar surface area (TPSA) is 26.3 Å². The van der Waals surface area contributed by atoms with E-state index < -0.39 is 0 Å². The summed E-state index contributed by atoms with van der Waals surface area (Å²) in [5, 5.41) is 0. The van der Waals surface area contributed by atoms with Crippen molar-refractivity contribution in [2.45, 2.75) is 73.3 Å². The molecule has 2 nitrogen and oxygen atoms in total. The molecule has 0 amide bonds. The van der Waals surface area contributed by atoms with E-state index in [9.17, 15) is 4.79 Å². The Bertz CT molecular complexity index is 267. The van der Waals surface area contributed by atoms with Gasteiger partial charge < -0.3 is 4.74 Å². The Kier molecular flexibility index (Phi) is 5.24. The first-order valence-electron chi connectivity index (χ1n) is 7.42. The van der Waals surface area contributed by atoms with Gasteiger partial charge in [-0.25, -0.2) is 0 Å². The van der Waals surface area contributed by atoms with E-state index in [-0.39, 0.29) is 23.4 Å². The van der Waals surface area contributed by atoms with Crippen LogP contribution in [-0.2, 0) is 9.53 Å². The highest BCUT2D eigenvalue weighted by Gasteiger charge is 2.31. The van der Waals surface area contributed by atoms with Crippen molar-refractivity contribution >= 4 is 5.97 Å². The third-order valence-electron chi connectivity index (χ3n) is 4.60. The lowest BCUT2D eigenvalue weighted by atomic mass is 9.80. The number of rotatable bonds is 3. The van der Waals surface area contributed by atoms with Gasteiger partial charge >= 0.3 is 5.97 Å². The van der Waals surface area contributed by atoms with Gasteiger partial charge in [-0.1, -0.05) is 41.5 Å². The molecule has 1 unspecified atom stereocenters. The Hall–Kier alpha value is -0.530. The van der Waals surface area contributed by atoms with E-state index in [0.29, 0.717) is 0 Å². The summed E-state index contributed by atoms with van der Waals surface area (Å²) in [6.45, 7) is 12.8. The van der Waals surface area contributed by atoms with E-state index in [2.05, 4.69) is 34.6 Å². The summed E-state index contributed by atoms with van der Waals surface area (Å²) in [6.07, 6.45) is 4.67. The molecule has 1 aliphatic rings. The molecule has 1 fully saturated rings. The second-order valence-corrected chi connectivity index (χ2v) is 7.31. The molecule has 0 spiro atoms. The minimum Gasteiger partial charge on any atom is -0.462 e. The molecule has 0 saturated heterocycles. The molecule has 18 heavy (non-hydrogen) atoms.